The Labute approximate surface area is 215 Å². The van der Waals surface area contributed by atoms with E-state index in [1.807, 2.05) is 0 Å². The fourth-order valence-electron chi connectivity index (χ4n) is 6.28. The number of carboxylic acids is 1. The van der Waals surface area contributed by atoms with Gasteiger partial charge in [0.25, 0.3) is 0 Å². The quantitative estimate of drug-likeness (QED) is 0.285. The number of carboxylic acid groups (broad SMARTS) is 1. The molecule has 3 aromatic heterocycles. The second-order valence-corrected chi connectivity index (χ2v) is 10.1. The lowest BCUT2D eigenvalue weighted by Gasteiger charge is -2.47. The summed E-state index contributed by atoms with van der Waals surface area (Å²) in [6, 6.07) is 1.32. The number of rotatable bonds is 5. The molecule has 0 aliphatic heterocycles. The number of aromatic nitrogens is 4. The fraction of sp³-hybridized carbons (Fsp3) is 0.333. The molecule has 2 atom stereocenters. The average Bonchev–Trinajstić information content (AvgIpc) is 3.51. The van der Waals surface area contributed by atoms with Crippen LogP contribution < -0.4 is 5.32 Å². The van der Waals surface area contributed by atoms with Crippen molar-refractivity contribution in [2.75, 3.05) is 5.32 Å². The number of nitrogens with one attached hydrogen (secondary N) is 2. The Morgan fingerprint density at radius 3 is 2.61 bits per heavy atom. The van der Waals surface area contributed by atoms with Gasteiger partial charge in [-0.3, -0.25) is 9.48 Å². The lowest BCUT2D eigenvalue weighted by atomic mass is 9.61. The molecule has 0 saturated heterocycles. The Bertz CT molecular complexity index is 1630. The number of nitrogens with zero attached hydrogens (tertiary/aromatic N) is 4. The van der Waals surface area contributed by atoms with E-state index < -0.39 is 35.4 Å². The number of hydrogen-bond donors (Lipinski definition) is 3. The van der Waals surface area contributed by atoms with E-state index in [1.54, 1.807) is 13.2 Å². The van der Waals surface area contributed by atoms with Crippen LogP contribution in [0.15, 0.2) is 30.7 Å². The Balaban J connectivity index is 1.58. The van der Waals surface area contributed by atoms with E-state index in [0.29, 0.717) is 5.56 Å². The van der Waals surface area contributed by atoms with E-state index in [0.717, 1.165) is 37.8 Å². The smallest absolute Gasteiger partial charge is 0.308 e. The number of carbonyl (C=O) groups is 1. The van der Waals surface area contributed by atoms with Crippen LogP contribution in [-0.4, -0.2) is 36.9 Å². The van der Waals surface area contributed by atoms with Crippen molar-refractivity contribution in [3.8, 4) is 22.4 Å². The molecule has 3 saturated carbocycles. The summed E-state index contributed by atoms with van der Waals surface area (Å²) in [5.74, 6) is -4.27. The summed E-state index contributed by atoms with van der Waals surface area (Å²) >= 11 is 0. The van der Waals surface area contributed by atoms with Gasteiger partial charge in [-0.15, -0.1) is 0 Å². The van der Waals surface area contributed by atoms with Crippen molar-refractivity contribution in [3.63, 3.8) is 0 Å². The molecule has 194 valence electrons. The first-order valence-electron chi connectivity index (χ1n) is 12.3. The molecule has 0 spiro atoms. The standard InChI is InChI=1S/C27H23F3N6O2/c1-31-25-19(14-9-33-36(2)11-14)21(30)26(34-22-13-5-3-12(4-6-13)20(22)27(37)38)35-24(25)17-10-32-23-16(17)7-15(28)8-18(23)29/h7-13,20,22,32H,3-6H2,2H3,(H,34,35)(H,37,38)/t12?,13?,20-,22-/m0/s1. The number of halogens is 3. The number of benzene rings is 1. The lowest BCUT2D eigenvalue weighted by molar-refractivity contribution is -0.148. The second kappa shape index (κ2) is 8.90. The molecule has 7 rings (SSSR count). The molecule has 3 heterocycles. The number of aryl methyl sites for hydroxylation is 1. The number of aromatic amines is 1. The van der Waals surface area contributed by atoms with Gasteiger partial charge in [0.2, 0.25) is 5.69 Å². The maximum absolute atomic E-state index is 16.2. The van der Waals surface area contributed by atoms with Gasteiger partial charge in [-0.05, 0) is 43.6 Å². The van der Waals surface area contributed by atoms with Gasteiger partial charge in [-0.2, -0.15) is 5.10 Å². The third-order valence-electron chi connectivity index (χ3n) is 7.99. The second-order valence-electron chi connectivity index (χ2n) is 10.1. The predicted molar refractivity (Wildman–Crippen MR) is 134 cm³/mol. The zero-order valence-corrected chi connectivity index (χ0v) is 20.3. The fourth-order valence-corrected chi connectivity index (χ4v) is 6.28. The highest BCUT2D eigenvalue weighted by molar-refractivity contribution is 6.01. The van der Waals surface area contributed by atoms with Gasteiger partial charge in [-0.25, -0.2) is 23.0 Å². The van der Waals surface area contributed by atoms with Crippen LogP contribution in [0.4, 0.5) is 24.7 Å². The minimum absolute atomic E-state index is 0.0163. The van der Waals surface area contributed by atoms with Crippen molar-refractivity contribution in [1.82, 2.24) is 19.7 Å². The van der Waals surface area contributed by atoms with Gasteiger partial charge in [0.1, 0.15) is 11.6 Å². The molecular weight excluding hydrogens is 497 g/mol. The van der Waals surface area contributed by atoms with Crippen molar-refractivity contribution in [2.24, 2.45) is 24.8 Å². The van der Waals surface area contributed by atoms with Crippen LogP contribution in [0.3, 0.4) is 0 Å². The lowest BCUT2D eigenvalue weighted by Crippen LogP contribution is -2.51. The molecule has 3 aliphatic rings. The summed E-state index contributed by atoms with van der Waals surface area (Å²) in [5.41, 5.74) is 0.368. The molecule has 0 amide bonds. The third-order valence-corrected chi connectivity index (χ3v) is 7.99. The Kier molecular flexibility index (Phi) is 5.63. The summed E-state index contributed by atoms with van der Waals surface area (Å²) in [6.07, 6.45) is 7.65. The number of anilines is 1. The topological polar surface area (TPSA) is 100 Å². The molecule has 38 heavy (non-hydrogen) atoms. The molecule has 11 heteroatoms. The molecule has 0 radical (unpaired) electrons. The van der Waals surface area contributed by atoms with Crippen LogP contribution in [0.2, 0.25) is 0 Å². The maximum Gasteiger partial charge on any atom is 0.308 e. The van der Waals surface area contributed by atoms with E-state index in [9.17, 15) is 18.7 Å². The van der Waals surface area contributed by atoms with E-state index in [4.69, 9.17) is 6.57 Å². The highest BCUT2D eigenvalue weighted by Gasteiger charge is 2.47. The van der Waals surface area contributed by atoms with Crippen LogP contribution in [0, 0.1) is 41.8 Å². The highest BCUT2D eigenvalue weighted by atomic mass is 19.1. The van der Waals surface area contributed by atoms with Crippen molar-refractivity contribution in [2.45, 2.75) is 31.7 Å². The summed E-state index contributed by atoms with van der Waals surface area (Å²) in [6.45, 7) is 7.89. The van der Waals surface area contributed by atoms with Crippen molar-refractivity contribution in [3.05, 3.63) is 59.6 Å². The van der Waals surface area contributed by atoms with Gasteiger partial charge < -0.3 is 15.4 Å². The van der Waals surface area contributed by atoms with E-state index in [2.05, 4.69) is 25.2 Å². The van der Waals surface area contributed by atoms with Gasteiger partial charge in [0.15, 0.2) is 11.6 Å². The van der Waals surface area contributed by atoms with Gasteiger partial charge in [0.05, 0.1) is 29.9 Å². The number of aliphatic carboxylic acids is 1. The first-order chi connectivity index (χ1) is 18.3. The molecule has 2 bridgehead atoms. The van der Waals surface area contributed by atoms with Crippen molar-refractivity contribution < 1.29 is 23.1 Å². The molecule has 3 fully saturated rings. The van der Waals surface area contributed by atoms with E-state index in [-0.39, 0.29) is 51.1 Å². The van der Waals surface area contributed by atoms with E-state index >= 15 is 4.39 Å². The molecule has 1 aromatic carbocycles. The molecule has 4 aromatic rings. The van der Waals surface area contributed by atoms with Crippen molar-refractivity contribution >= 4 is 28.4 Å². The third kappa shape index (κ3) is 3.70. The number of H-pyrrole nitrogens is 1. The summed E-state index contributed by atoms with van der Waals surface area (Å²) in [5, 5.41) is 17.3. The van der Waals surface area contributed by atoms with E-state index in [1.165, 1.54) is 17.1 Å². The number of pyridine rings is 1. The Hall–Kier alpha value is -4.33. The largest absolute Gasteiger partial charge is 0.481 e. The highest BCUT2D eigenvalue weighted by Crippen LogP contribution is 2.48. The molecule has 3 aliphatic carbocycles. The monoisotopic (exact) mass is 520 g/mol. The van der Waals surface area contributed by atoms with Crippen LogP contribution in [0.25, 0.3) is 38.1 Å². The van der Waals surface area contributed by atoms with Crippen molar-refractivity contribution in [1.29, 1.82) is 0 Å². The minimum Gasteiger partial charge on any atom is -0.481 e. The number of fused-ring (bicyclic) bond motifs is 4. The van der Waals surface area contributed by atoms with Gasteiger partial charge in [0, 0.05) is 53.6 Å². The normalized spacial score (nSPS) is 22.5. The first kappa shape index (κ1) is 24.0. The van der Waals surface area contributed by atoms with Crippen LogP contribution >= 0.6 is 0 Å². The maximum atomic E-state index is 16.2. The molecule has 8 nitrogen and oxygen atoms in total. The van der Waals surface area contributed by atoms with Gasteiger partial charge in [-0.1, -0.05) is 0 Å². The van der Waals surface area contributed by atoms with Crippen LogP contribution in [0.1, 0.15) is 25.7 Å². The molecular formula is C27H23F3N6O2. The Morgan fingerprint density at radius 2 is 1.95 bits per heavy atom. The molecule has 0 unspecified atom stereocenters. The zero-order chi connectivity index (χ0) is 26.7. The SMILES string of the molecule is [C-]#[N+]c1c(-c2c[nH]c3c(F)cc(F)cc23)nc(N[C@H]2C3CCC(CC3)[C@@H]2C(=O)O)c(F)c1-c1cnn(C)c1. The van der Waals surface area contributed by atoms with Gasteiger partial charge >= 0.3 is 5.97 Å². The summed E-state index contributed by atoms with van der Waals surface area (Å²) in [7, 11) is 1.65. The zero-order valence-electron chi connectivity index (χ0n) is 20.3. The minimum atomic E-state index is -0.939. The Morgan fingerprint density at radius 1 is 1.21 bits per heavy atom. The van der Waals surface area contributed by atoms with Crippen LogP contribution in [-0.2, 0) is 11.8 Å². The van der Waals surface area contributed by atoms with Crippen LogP contribution in [0.5, 0.6) is 0 Å². The average molecular weight is 521 g/mol. The summed E-state index contributed by atoms with van der Waals surface area (Å²) in [4.78, 5) is 23.0. The summed E-state index contributed by atoms with van der Waals surface area (Å²) < 4.78 is 46.3. The number of hydrogen-bond acceptors (Lipinski definition) is 4. The molecule has 3 N–H and O–H groups in total. The first-order valence-corrected chi connectivity index (χ1v) is 12.3. The predicted octanol–water partition coefficient (Wildman–Crippen LogP) is 5.90.